The predicted molar refractivity (Wildman–Crippen MR) is 64.1 cm³/mol. The highest BCUT2D eigenvalue weighted by atomic mass is 19.1. The Morgan fingerprint density at radius 2 is 1.38 bits per heavy atom. The number of aryl methyl sites for hydroxylation is 1. The Labute approximate surface area is 97.3 Å². The molecule has 0 spiro atoms. The maximum atomic E-state index is 13.9. The smallest absolute Gasteiger partial charge is 0.166 e. The van der Waals surface area contributed by atoms with Crippen LogP contribution in [-0.4, -0.2) is 9.97 Å². The maximum absolute atomic E-state index is 13.9. The molecule has 0 aromatic carbocycles. The minimum Gasteiger partial charge on any atom is -0.235 e. The average Bonchev–Trinajstić information content (AvgIpc) is 2.05. The molecule has 0 aliphatic heterocycles. The Hall–Kier alpha value is -0.990. The molecule has 1 rings (SSSR count). The van der Waals surface area contributed by atoms with E-state index in [4.69, 9.17) is 0 Å². The molecule has 16 heavy (non-hydrogen) atoms. The second-order valence-corrected chi connectivity index (χ2v) is 6.30. The van der Waals surface area contributed by atoms with Gasteiger partial charge in [0, 0.05) is 10.8 Å². The quantitative estimate of drug-likeness (QED) is 0.674. The average molecular weight is 224 g/mol. The summed E-state index contributed by atoms with van der Waals surface area (Å²) in [4.78, 5) is 8.62. The fraction of sp³-hybridized carbons (Fsp3) is 0.692. The van der Waals surface area contributed by atoms with E-state index in [1.807, 2.05) is 41.5 Å². The van der Waals surface area contributed by atoms with Crippen LogP contribution in [0, 0.1) is 12.7 Å². The van der Waals surface area contributed by atoms with Gasteiger partial charge in [-0.05, 0) is 6.92 Å². The first-order valence-electron chi connectivity index (χ1n) is 5.58. The molecule has 0 N–H and O–H groups in total. The molecule has 0 saturated heterocycles. The molecule has 0 atom stereocenters. The standard InChI is InChI=1S/C13H21FN2/c1-8-9(14)10(12(2,3)4)16-11(15-8)13(5,6)7/h1-7H3. The van der Waals surface area contributed by atoms with E-state index < -0.39 is 0 Å². The Balaban J connectivity index is 3.46. The number of nitrogens with zero attached hydrogens (tertiary/aromatic N) is 2. The van der Waals surface area contributed by atoms with E-state index in [1.165, 1.54) is 0 Å². The third kappa shape index (κ3) is 2.57. The van der Waals surface area contributed by atoms with Gasteiger partial charge < -0.3 is 0 Å². The van der Waals surface area contributed by atoms with Gasteiger partial charge in [0.2, 0.25) is 0 Å². The van der Waals surface area contributed by atoms with Crippen molar-refractivity contribution in [1.29, 1.82) is 0 Å². The number of rotatable bonds is 0. The van der Waals surface area contributed by atoms with Crippen LogP contribution in [0.1, 0.15) is 58.8 Å². The van der Waals surface area contributed by atoms with Crippen molar-refractivity contribution >= 4 is 0 Å². The number of hydrogen-bond donors (Lipinski definition) is 0. The summed E-state index contributed by atoms with van der Waals surface area (Å²) < 4.78 is 13.9. The molecular weight excluding hydrogens is 203 g/mol. The topological polar surface area (TPSA) is 25.8 Å². The minimum absolute atomic E-state index is 0.154. The predicted octanol–water partition coefficient (Wildman–Crippen LogP) is 3.52. The first-order chi connectivity index (χ1) is 7.03. The second-order valence-electron chi connectivity index (χ2n) is 6.30. The third-order valence-electron chi connectivity index (χ3n) is 2.40. The highest BCUT2D eigenvalue weighted by Gasteiger charge is 2.26. The van der Waals surface area contributed by atoms with Crippen molar-refractivity contribution in [3.05, 3.63) is 23.0 Å². The molecule has 0 amide bonds. The number of hydrogen-bond acceptors (Lipinski definition) is 2. The number of halogens is 1. The van der Waals surface area contributed by atoms with Crippen LogP contribution in [0.25, 0.3) is 0 Å². The zero-order valence-corrected chi connectivity index (χ0v) is 11.3. The van der Waals surface area contributed by atoms with E-state index in [0.29, 0.717) is 17.2 Å². The van der Waals surface area contributed by atoms with E-state index in [1.54, 1.807) is 6.92 Å². The van der Waals surface area contributed by atoms with Gasteiger partial charge in [-0.3, -0.25) is 0 Å². The van der Waals surface area contributed by atoms with Gasteiger partial charge in [-0.1, -0.05) is 41.5 Å². The molecule has 1 aromatic rings. The Bertz CT molecular complexity index is 398. The molecule has 90 valence electrons. The summed E-state index contributed by atoms with van der Waals surface area (Å²) in [6.45, 7) is 13.7. The lowest BCUT2D eigenvalue weighted by Crippen LogP contribution is -2.24. The van der Waals surface area contributed by atoms with Crippen LogP contribution in [0.3, 0.4) is 0 Å². The molecule has 3 heteroatoms. The highest BCUT2D eigenvalue weighted by molar-refractivity contribution is 5.22. The lowest BCUT2D eigenvalue weighted by molar-refractivity contribution is 0.463. The van der Waals surface area contributed by atoms with Gasteiger partial charge in [0.15, 0.2) is 5.82 Å². The summed E-state index contributed by atoms with van der Waals surface area (Å²) in [6, 6.07) is 0. The van der Waals surface area contributed by atoms with Crippen molar-refractivity contribution < 1.29 is 4.39 Å². The zero-order chi connectivity index (χ0) is 12.7. The largest absolute Gasteiger partial charge is 0.235 e. The fourth-order valence-corrected chi connectivity index (χ4v) is 1.39. The van der Waals surface area contributed by atoms with Gasteiger partial charge in [0.25, 0.3) is 0 Å². The SMILES string of the molecule is Cc1nc(C(C)(C)C)nc(C(C)(C)C)c1F. The summed E-state index contributed by atoms with van der Waals surface area (Å²) in [5.41, 5.74) is 0.491. The molecule has 1 heterocycles. The van der Waals surface area contributed by atoms with E-state index in [-0.39, 0.29) is 16.6 Å². The summed E-state index contributed by atoms with van der Waals surface area (Å²) >= 11 is 0. The third-order valence-corrected chi connectivity index (χ3v) is 2.40. The lowest BCUT2D eigenvalue weighted by atomic mass is 9.89. The van der Waals surface area contributed by atoms with Gasteiger partial charge in [0.1, 0.15) is 5.82 Å². The molecule has 0 fully saturated rings. The van der Waals surface area contributed by atoms with Crippen molar-refractivity contribution in [2.45, 2.75) is 59.3 Å². The molecule has 1 aromatic heterocycles. The summed E-state index contributed by atoms with van der Waals surface area (Å²) in [5, 5.41) is 0. The van der Waals surface area contributed by atoms with Crippen LogP contribution < -0.4 is 0 Å². The van der Waals surface area contributed by atoms with Gasteiger partial charge in [-0.2, -0.15) is 0 Å². The fourth-order valence-electron chi connectivity index (χ4n) is 1.39. The van der Waals surface area contributed by atoms with E-state index >= 15 is 0 Å². The van der Waals surface area contributed by atoms with Crippen LogP contribution in [0.2, 0.25) is 0 Å². The second kappa shape index (κ2) is 3.79. The molecule has 0 unspecified atom stereocenters. The van der Waals surface area contributed by atoms with Gasteiger partial charge in [-0.15, -0.1) is 0 Å². The normalized spacial score (nSPS) is 13.0. The van der Waals surface area contributed by atoms with E-state index in [9.17, 15) is 4.39 Å². The van der Waals surface area contributed by atoms with Crippen molar-refractivity contribution in [3.63, 3.8) is 0 Å². The van der Waals surface area contributed by atoms with Gasteiger partial charge in [0.05, 0.1) is 11.4 Å². The van der Waals surface area contributed by atoms with Crippen LogP contribution >= 0.6 is 0 Å². The van der Waals surface area contributed by atoms with Crippen molar-refractivity contribution in [2.75, 3.05) is 0 Å². The van der Waals surface area contributed by atoms with Crippen LogP contribution in [0.4, 0.5) is 4.39 Å². The highest BCUT2D eigenvalue weighted by Crippen LogP contribution is 2.27. The molecule has 0 aliphatic rings. The van der Waals surface area contributed by atoms with Crippen LogP contribution in [0.15, 0.2) is 0 Å². The molecule has 0 aliphatic carbocycles. The monoisotopic (exact) mass is 224 g/mol. The molecule has 2 nitrogen and oxygen atoms in total. The molecule has 0 bridgehead atoms. The van der Waals surface area contributed by atoms with E-state index in [0.717, 1.165) is 0 Å². The summed E-state index contributed by atoms with van der Waals surface area (Å²) in [5.74, 6) is 0.428. The molecular formula is C13H21FN2. The number of aromatic nitrogens is 2. The van der Waals surface area contributed by atoms with Crippen LogP contribution in [0.5, 0.6) is 0 Å². The molecule has 0 radical (unpaired) electrons. The lowest BCUT2D eigenvalue weighted by Gasteiger charge is -2.24. The summed E-state index contributed by atoms with van der Waals surface area (Å²) in [7, 11) is 0. The van der Waals surface area contributed by atoms with Crippen LogP contribution in [-0.2, 0) is 10.8 Å². The van der Waals surface area contributed by atoms with Gasteiger partial charge in [-0.25, -0.2) is 14.4 Å². The Morgan fingerprint density at radius 3 is 1.75 bits per heavy atom. The Kier molecular flexibility index (Phi) is 3.10. The van der Waals surface area contributed by atoms with Crippen molar-refractivity contribution in [2.24, 2.45) is 0 Å². The first kappa shape index (κ1) is 13.1. The maximum Gasteiger partial charge on any atom is 0.166 e. The molecule has 0 saturated carbocycles. The summed E-state index contributed by atoms with van der Waals surface area (Å²) in [6.07, 6.45) is 0. The van der Waals surface area contributed by atoms with Crippen molar-refractivity contribution in [1.82, 2.24) is 9.97 Å². The zero-order valence-electron chi connectivity index (χ0n) is 11.3. The van der Waals surface area contributed by atoms with Crippen molar-refractivity contribution in [3.8, 4) is 0 Å². The van der Waals surface area contributed by atoms with Gasteiger partial charge >= 0.3 is 0 Å². The first-order valence-corrected chi connectivity index (χ1v) is 5.58. The van der Waals surface area contributed by atoms with E-state index in [2.05, 4.69) is 9.97 Å². The minimum atomic E-state index is -0.294. The Morgan fingerprint density at radius 1 is 0.875 bits per heavy atom.